The molecule has 4 rings (SSSR count). The van der Waals surface area contributed by atoms with E-state index >= 15 is 0 Å². The quantitative estimate of drug-likeness (QED) is 0.679. The number of aromatic nitrogens is 2. The number of rotatable bonds is 4. The SMILES string of the molecule is CC(C)c1noc([C@H]2CCCN2Cc2coc3ccc(Cl)cc3c2=O)n1. The molecule has 6 nitrogen and oxygen atoms in total. The molecule has 3 heterocycles. The summed E-state index contributed by atoms with van der Waals surface area (Å²) in [4.78, 5) is 19.5. The van der Waals surface area contributed by atoms with E-state index in [1.807, 2.05) is 13.8 Å². The van der Waals surface area contributed by atoms with Gasteiger partial charge in [0.1, 0.15) is 5.58 Å². The van der Waals surface area contributed by atoms with Gasteiger partial charge in [-0.1, -0.05) is 30.6 Å². The zero-order valence-corrected chi connectivity index (χ0v) is 15.5. The molecule has 3 aromatic rings. The highest BCUT2D eigenvalue weighted by atomic mass is 35.5. The molecule has 1 saturated heterocycles. The minimum atomic E-state index is -0.0483. The summed E-state index contributed by atoms with van der Waals surface area (Å²) in [6, 6.07) is 5.11. The predicted molar refractivity (Wildman–Crippen MR) is 98.3 cm³/mol. The van der Waals surface area contributed by atoms with Gasteiger partial charge in [-0.3, -0.25) is 9.69 Å². The minimum Gasteiger partial charge on any atom is -0.464 e. The van der Waals surface area contributed by atoms with Crippen LogP contribution in [0.25, 0.3) is 11.0 Å². The van der Waals surface area contributed by atoms with Crippen molar-refractivity contribution in [3.63, 3.8) is 0 Å². The number of hydrogen-bond donors (Lipinski definition) is 0. The second kappa shape index (κ2) is 6.85. The van der Waals surface area contributed by atoms with Crippen LogP contribution in [0.1, 0.15) is 55.9 Å². The van der Waals surface area contributed by atoms with Crippen molar-refractivity contribution in [2.24, 2.45) is 0 Å². The summed E-state index contributed by atoms with van der Waals surface area (Å²) in [6.45, 7) is 5.42. The van der Waals surface area contributed by atoms with Crippen molar-refractivity contribution >= 4 is 22.6 Å². The molecule has 7 heteroatoms. The highest BCUT2D eigenvalue weighted by Gasteiger charge is 2.31. The van der Waals surface area contributed by atoms with Crippen molar-refractivity contribution in [1.29, 1.82) is 0 Å². The van der Waals surface area contributed by atoms with Gasteiger partial charge in [0, 0.05) is 23.0 Å². The van der Waals surface area contributed by atoms with Crippen molar-refractivity contribution in [1.82, 2.24) is 15.0 Å². The van der Waals surface area contributed by atoms with Crippen LogP contribution in [-0.2, 0) is 6.54 Å². The van der Waals surface area contributed by atoms with Crippen LogP contribution in [0.15, 0.2) is 38.2 Å². The Morgan fingerprint density at radius 1 is 1.38 bits per heavy atom. The molecule has 0 radical (unpaired) electrons. The summed E-state index contributed by atoms with van der Waals surface area (Å²) in [6.07, 6.45) is 3.50. The lowest BCUT2D eigenvalue weighted by Gasteiger charge is -2.21. The summed E-state index contributed by atoms with van der Waals surface area (Å²) in [5.41, 5.74) is 1.10. The molecule has 0 unspecified atom stereocenters. The van der Waals surface area contributed by atoms with Crippen LogP contribution < -0.4 is 5.43 Å². The van der Waals surface area contributed by atoms with Crippen LogP contribution in [0.5, 0.6) is 0 Å². The Morgan fingerprint density at radius 2 is 2.23 bits per heavy atom. The van der Waals surface area contributed by atoms with Crippen LogP contribution in [0.2, 0.25) is 5.02 Å². The molecule has 0 saturated carbocycles. The third kappa shape index (κ3) is 3.15. The van der Waals surface area contributed by atoms with Crippen LogP contribution in [0.4, 0.5) is 0 Å². The molecular weight excluding hydrogens is 354 g/mol. The summed E-state index contributed by atoms with van der Waals surface area (Å²) in [5, 5.41) is 5.09. The van der Waals surface area contributed by atoms with E-state index < -0.39 is 0 Å². The average molecular weight is 374 g/mol. The van der Waals surface area contributed by atoms with Crippen LogP contribution in [0.3, 0.4) is 0 Å². The molecule has 0 aliphatic carbocycles. The lowest BCUT2D eigenvalue weighted by atomic mass is 10.1. The zero-order chi connectivity index (χ0) is 18.3. The number of likely N-dealkylation sites (tertiary alicyclic amines) is 1. The van der Waals surface area contributed by atoms with Gasteiger partial charge in [0.15, 0.2) is 11.3 Å². The van der Waals surface area contributed by atoms with Gasteiger partial charge in [-0.05, 0) is 37.6 Å². The lowest BCUT2D eigenvalue weighted by Crippen LogP contribution is -2.26. The van der Waals surface area contributed by atoms with E-state index in [2.05, 4.69) is 15.0 Å². The first-order valence-corrected chi connectivity index (χ1v) is 9.18. The van der Waals surface area contributed by atoms with Crippen molar-refractivity contribution < 1.29 is 8.94 Å². The smallest absolute Gasteiger partial charge is 0.244 e. The number of benzene rings is 1. The Hall–Kier alpha value is -2.18. The van der Waals surface area contributed by atoms with Gasteiger partial charge in [-0.2, -0.15) is 4.98 Å². The Kier molecular flexibility index (Phi) is 4.54. The van der Waals surface area contributed by atoms with Crippen molar-refractivity contribution in [2.75, 3.05) is 6.54 Å². The number of halogens is 1. The van der Waals surface area contributed by atoms with Gasteiger partial charge in [-0.15, -0.1) is 0 Å². The normalized spacial score (nSPS) is 18.2. The van der Waals surface area contributed by atoms with Gasteiger partial charge < -0.3 is 8.94 Å². The maximum Gasteiger partial charge on any atom is 0.244 e. The lowest BCUT2D eigenvalue weighted by molar-refractivity contribution is 0.199. The first-order chi connectivity index (χ1) is 12.5. The van der Waals surface area contributed by atoms with Gasteiger partial charge in [0.25, 0.3) is 0 Å². The molecule has 26 heavy (non-hydrogen) atoms. The molecule has 0 N–H and O–H groups in total. The highest BCUT2D eigenvalue weighted by molar-refractivity contribution is 6.31. The van der Waals surface area contributed by atoms with Crippen molar-refractivity contribution in [2.45, 2.75) is 45.2 Å². The topological polar surface area (TPSA) is 72.4 Å². The van der Waals surface area contributed by atoms with Crippen LogP contribution >= 0.6 is 11.6 Å². The van der Waals surface area contributed by atoms with Crippen molar-refractivity contribution in [3.05, 3.63) is 57.0 Å². The van der Waals surface area contributed by atoms with E-state index in [9.17, 15) is 4.79 Å². The standard InChI is InChI=1S/C19H20ClN3O3/c1-11(2)18-21-19(26-22-18)15-4-3-7-23(15)9-12-10-25-16-6-5-13(20)8-14(16)17(12)24/h5-6,8,10-11,15H,3-4,7,9H2,1-2H3/t15-/m1/s1. The summed E-state index contributed by atoms with van der Waals surface area (Å²) in [5.74, 6) is 1.56. The molecule has 1 aromatic carbocycles. The minimum absolute atomic E-state index is 0.0319. The van der Waals surface area contributed by atoms with E-state index in [1.54, 1.807) is 24.5 Å². The van der Waals surface area contributed by atoms with Gasteiger partial charge in [0.2, 0.25) is 5.89 Å². The summed E-state index contributed by atoms with van der Waals surface area (Å²) in [7, 11) is 0. The number of nitrogens with zero attached hydrogens (tertiary/aromatic N) is 3. The monoisotopic (exact) mass is 373 g/mol. The van der Waals surface area contributed by atoms with Gasteiger partial charge in [0.05, 0.1) is 17.7 Å². The Balaban J connectivity index is 1.62. The van der Waals surface area contributed by atoms with E-state index in [-0.39, 0.29) is 17.4 Å². The fourth-order valence-electron chi connectivity index (χ4n) is 3.38. The first-order valence-electron chi connectivity index (χ1n) is 8.80. The Bertz CT molecular complexity index is 995. The molecule has 2 aromatic heterocycles. The molecule has 0 amide bonds. The Labute approximate surface area is 155 Å². The molecule has 1 fully saturated rings. The number of fused-ring (bicyclic) bond motifs is 1. The fourth-order valence-corrected chi connectivity index (χ4v) is 3.56. The third-order valence-electron chi connectivity index (χ3n) is 4.80. The number of hydrogen-bond acceptors (Lipinski definition) is 6. The molecule has 136 valence electrons. The fraction of sp³-hybridized carbons (Fsp3) is 0.421. The zero-order valence-electron chi connectivity index (χ0n) is 14.7. The molecule has 0 spiro atoms. The maximum atomic E-state index is 12.8. The predicted octanol–water partition coefficient (Wildman–Crippen LogP) is 4.29. The average Bonchev–Trinajstić information content (AvgIpc) is 3.27. The largest absolute Gasteiger partial charge is 0.464 e. The molecule has 1 atom stereocenters. The summed E-state index contributed by atoms with van der Waals surface area (Å²) < 4.78 is 11.1. The Morgan fingerprint density at radius 3 is 3.00 bits per heavy atom. The van der Waals surface area contributed by atoms with Crippen LogP contribution in [0, 0.1) is 0 Å². The van der Waals surface area contributed by atoms with Gasteiger partial charge >= 0.3 is 0 Å². The van der Waals surface area contributed by atoms with Crippen LogP contribution in [-0.4, -0.2) is 21.6 Å². The molecule has 1 aliphatic heterocycles. The van der Waals surface area contributed by atoms with Crippen molar-refractivity contribution in [3.8, 4) is 0 Å². The highest BCUT2D eigenvalue weighted by Crippen LogP contribution is 2.32. The van der Waals surface area contributed by atoms with E-state index in [1.165, 1.54) is 0 Å². The first kappa shape index (κ1) is 17.2. The van der Waals surface area contributed by atoms with E-state index in [4.69, 9.17) is 20.5 Å². The molecule has 0 bridgehead atoms. The third-order valence-corrected chi connectivity index (χ3v) is 5.04. The maximum absolute atomic E-state index is 12.8. The second-order valence-electron chi connectivity index (χ2n) is 7.00. The van der Waals surface area contributed by atoms with Gasteiger partial charge in [-0.25, -0.2) is 0 Å². The summed E-state index contributed by atoms with van der Waals surface area (Å²) >= 11 is 6.03. The molecule has 1 aliphatic rings. The second-order valence-corrected chi connectivity index (χ2v) is 7.44. The van der Waals surface area contributed by atoms with E-state index in [0.717, 1.165) is 19.4 Å². The van der Waals surface area contributed by atoms with E-state index in [0.29, 0.717) is 39.8 Å². The molecular formula is C19H20ClN3O3.